The third-order valence-electron chi connectivity index (χ3n) is 3.22. The second-order valence-electron chi connectivity index (χ2n) is 4.18. The molecular weight excluding hydrogens is 210 g/mol. The Bertz CT molecular complexity index is 235. The van der Waals surface area contributed by atoms with Gasteiger partial charge in [0.2, 0.25) is 0 Å². The monoisotopic (exact) mass is 231 g/mol. The summed E-state index contributed by atoms with van der Waals surface area (Å²) in [6.07, 6.45) is 1.89. The predicted octanol–water partition coefficient (Wildman–Crippen LogP) is 1.81. The largest absolute Gasteiger partial charge is 0.468 e. The van der Waals surface area contributed by atoms with Gasteiger partial charge >= 0.3 is 5.97 Å². The quantitative estimate of drug-likeness (QED) is 0.749. The number of esters is 1. The number of ether oxygens (including phenoxy) is 1. The van der Waals surface area contributed by atoms with E-state index >= 15 is 0 Å². The highest BCUT2D eigenvalue weighted by atomic mass is 32.2. The zero-order valence-corrected chi connectivity index (χ0v) is 10.8. The van der Waals surface area contributed by atoms with Gasteiger partial charge in [-0.3, -0.25) is 10.1 Å². The van der Waals surface area contributed by atoms with Crippen molar-refractivity contribution in [2.75, 3.05) is 12.9 Å². The summed E-state index contributed by atoms with van der Waals surface area (Å²) in [7, 11) is 1.47. The highest BCUT2D eigenvalue weighted by Gasteiger charge is 2.48. The lowest BCUT2D eigenvalue weighted by Crippen LogP contribution is -2.59. The van der Waals surface area contributed by atoms with E-state index in [0.717, 1.165) is 18.6 Å². The van der Waals surface area contributed by atoms with Crippen LogP contribution in [0.15, 0.2) is 0 Å². The minimum atomic E-state index is -0.463. The summed E-state index contributed by atoms with van der Waals surface area (Å²) in [6, 6.07) is 0.352. The van der Waals surface area contributed by atoms with E-state index in [2.05, 4.69) is 26.1 Å². The molecule has 0 bridgehead atoms. The molecule has 1 heterocycles. The van der Waals surface area contributed by atoms with Gasteiger partial charge in [0.05, 0.1) is 7.11 Å². The predicted molar refractivity (Wildman–Crippen MR) is 64.2 cm³/mol. The molecule has 1 rings (SSSR count). The third-order valence-corrected chi connectivity index (χ3v) is 4.57. The molecule has 0 saturated carbocycles. The Labute approximate surface area is 96.3 Å². The summed E-state index contributed by atoms with van der Waals surface area (Å²) in [5.41, 5.74) is -0.463. The Morgan fingerprint density at radius 2 is 2.40 bits per heavy atom. The molecule has 1 saturated heterocycles. The summed E-state index contributed by atoms with van der Waals surface area (Å²) in [4.78, 5) is 11.9. The molecular formula is C11H21NO2S. The highest BCUT2D eigenvalue weighted by Crippen LogP contribution is 2.37. The summed E-state index contributed by atoms with van der Waals surface area (Å²) < 4.78 is 4.94. The van der Waals surface area contributed by atoms with Gasteiger partial charge in [0.15, 0.2) is 0 Å². The first-order chi connectivity index (χ1) is 7.06. The number of carbonyl (C=O) groups excluding carboxylic acids is 1. The number of rotatable bonds is 4. The van der Waals surface area contributed by atoms with Crippen molar-refractivity contribution in [1.82, 2.24) is 5.32 Å². The summed E-state index contributed by atoms with van der Waals surface area (Å²) in [5, 5.41) is 3.74. The lowest BCUT2D eigenvalue weighted by atomic mass is 9.91. The fourth-order valence-electron chi connectivity index (χ4n) is 1.98. The standard InChI is InChI=1S/C11H21NO2S/c1-5-8(2)12-11(10(13)14-4)6-7-15-9(11)3/h8-9,12H,5-7H2,1-4H3. The number of hydrogen-bond acceptors (Lipinski definition) is 4. The van der Waals surface area contributed by atoms with Gasteiger partial charge in [0, 0.05) is 11.3 Å². The van der Waals surface area contributed by atoms with Crippen LogP contribution >= 0.6 is 11.8 Å². The van der Waals surface area contributed by atoms with Crippen LogP contribution in [-0.2, 0) is 9.53 Å². The van der Waals surface area contributed by atoms with E-state index in [1.165, 1.54) is 7.11 Å². The van der Waals surface area contributed by atoms with Crippen molar-refractivity contribution < 1.29 is 9.53 Å². The van der Waals surface area contributed by atoms with Crippen LogP contribution in [0.5, 0.6) is 0 Å². The van der Waals surface area contributed by atoms with E-state index < -0.39 is 5.54 Å². The number of hydrogen-bond donors (Lipinski definition) is 1. The Morgan fingerprint density at radius 3 is 2.80 bits per heavy atom. The molecule has 88 valence electrons. The number of methoxy groups -OCH3 is 1. The molecule has 0 aromatic heterocycles. The molecule has 0 spiro atoms. The van der Waals surface area contributed by atoms with Crippen molar-refractivity contribution in [2.45, 2.75) is 50.4 Å². The Morgan fingerprint density at radius 1 is 1.73 bits per heavy atom. The van der Waals surface area contributed by atoms with Crippen molar-refractivity contribution >= 4 is 17.7 Å². The normalized spacial score (nSPS) is 32.7. The van der Waals surface area contributed by atoms with Crippen LogP contribution in [0.25, 0.3) is 0 Å². The summed E-state index contributed by atoms with van der Waals surface area (Å²) >= 11 is 1.84. The molecule has 0 aromatic rings. The first-order valence-electron chi connectivity index (χ1n) is 5.54. The SMILES string of the molecule is CCC(C)NC1(C(=O)OC)CCSC1C. The van der Waals surface area contributed by atoms with Crippen molar-refractivity contribution in [3.8, 4) is 0 Å². The van der Waals surface area contributed by atoms with Gasteiger partial charge < -0.3 is 4.74 Å². The molecule has 0 aromatic carbocycles. The molecule has 0 amide bonds. The molecule has 3 atom stereocenters. The maximum Gasteiger partial charge on any atom is 0.327 e. The zero-order chi connectivity index (χ0) is 11.5. The minimum absolute atomic E-state index is 0.111. The smallest absolute Gasteiger partial charge is 0.327 e. The van der Waals surface area contributed by atoms with Gasteiger partial charge in [-0.15, -0.1) is 0 Å². The fourth-order valence-corrected chi connectivity index (χ4v) is 3.34. The molecule has 0 radical (unpaired) electrons. The van der Waals surface area contributed by atoms with Gasteiger partial charge in [-0.25, -0.2) is 0 Å². The van der Waals surface area contributed by atoms with Crippen LogP contribution in [0.2, 0.25) is 0 Å². The van der Waals surface area contributed by atoms with Gasteiger partial charge in [-0.05, 0) is 25.5 Å². The molecule has 3 unspecified atom stereocenters. The molecule has 0 aliphatic carbocycles. The second-order valence-corrected chi connectivity index (χ2v) is 5.63. The van der Waals surface area contributed by atoms with E-state index in [-0.39, 0.29) is 5.97 Å². The molecule has 3 nitrogen and oxygen atoms in total. The average Bonchev–Trinajstić information content (AvgIpc) is 2.60. The number of carbonyl (C=O) groups is 1. The van der Waals surface area contributed by atoms with Gasteiger partial charge in [-0.2, -0.15) is 11.8 Å². The number of nitrogens with one attached hydrogen (secondary N) is 1. The minimum Gasteiger partial charge on any atom is -0.468 e. The molecule has 15 heavy (non-hydrogen) atoms. The first kappa shape index (κ1) is 12.8. The van der Waals surface area contributed by atoms with E-state index in [1.807, 2.05) is 11.8 Å². The van der Waals surface area contributed by atoms with Crippen LogP contribution in [0, 0.1) is 0 Å². The number of thioether (sulfide) groups is 1. The topological polar surface area (TPSA) is 38.3 Å². The molecule has 1 aliphatic rings. The maximum atomic E-state index is 11.9. The maximum absolute atomic E-state index is 11.9. The van der Waals surface area contributed by atoms with Gasteiger partial charge in [0.1, 0.15) is 5.54 Å². The first-order valence-corrected chi connectivity index (χ1v) is 6.59. The Kier molecular flexibility index (Phi) is 4.46. The molecule has 1 fully saturated rings. The summed E-state index contributed by atoms with van der Waals surface area (Å²) in [5.74, 6) is 0.917. The van der Waals surface area contributed by atoms with Crippen LogP contribution in [-0.4, -0.2) is 35.7 Å². The van der Waals surface area contributed by atoms with Crippen molar-refractivity contribution in [2.24, 2.45) is 0 Å². The van der Waals surface area contributed by atoms with Crippen LogP contribution in [0.1, 0.15) is 33.6 Å². The van der Waals surface area contributed by atoms with Crippen molar-refractivity contribution in [1.29, 1.82) is 0 Å². The molecule has 1 aliphatic heterocycles. The van der Waals surface area contributed by atoms with E-state index in [4.69, 9.17) is 4.74 Å². The van der Waals surface area contributed by atoms with E-state index in [9.17, 15) is 4.79 Å². The Balaban J connectivity index is 2.81. The molecule has 4 heteroatoms. The van der Waals surface area contributed by atoms with Crippen LogP contribution in [0.3, 0.4) is 0 Å². The Hall–Kier alpha value is -0.220. The lowest BCUT2D eigenvalue weighted by molar-refractivity contribution is -0.148. The van der Waals surface area contributed by atoms with Crippen molar-refractivity contribution in [3.05, 3.63) is 0 Å². The van der Waals surface area contributed by atoms with E-state index in [0.29, 0.717) is 11.3 Å². The van der Waals surface area contributed by atoms with Crippen molar-refractivity contribution in [3.63, 3.8) is 0 Å². The second kappa shape index (κ2) is 5.21. The highest BCUT2D eigenvalue weighted by molar-refractivity contribution is 8.00. The average molecular weight is 231 g/mol. The van der Waals surface area contributed by atoms with Gasteiger partial charge in [0.25, 0.3) is 0 Å². The van der Waals surface area contributed by atoms with E-state index in [1.54, 1.807) is 0 Å². The molecule has 1 N–H and O–H groups in total. The third kappa shape index (κ3) is 2.48. The lowest BCUT2D eigenvalue weighted by Gasteiger charge is -2.33. The van der Waals surface area contributed by atoms with Crippen LogP contribution < -0.4 is 5.32 Å². The van der Waals surface area contributed by atoms with Crippen LogP contribution in [0.4, 0.5) is 0 Å². The fraction of sp³-hybridized carbons (Fsp3) is 0.909. The van der Waals surface area contributed by atoms with Gasteiger partial charge in [-0.1, -0.05) is 13.8 Å². The summed E-state index contributed by atoms with van der Waals surface area (Å²) in [6.45, 7) is 6.33. The zero-order valence-electron chi connectivity index (χ0n) is 10.0.